The Morgan fingerprint density at radius 2 is 2.08 bits per heavy atom. The van der Waals surface area contributed by atoms with Gasteiger partial charge in [-0.25, -0.2) is 14.5 Å². The van der Waals surface area contributed by atoms with Crippen LogP contribution in [0.2, 0.25) is 0 Å². The average Bonchev–Trinajstić information content (AvgIpc) is 3.14. The normalized spacial score (nSPS) is 12.6. The van der Waals surface area contributed by atoms with Crippen molar-refractivity contribution >= 4 is 11.6 Å². The number of hydrogen-bond acceptors (Lipinski definition) is 5. The van der Waals surface area contributed by atoms with Crippen LogP contribution in [0.1, 0.15) is 32.2 Å². The zero-order chi connectivity index (χ0) is 18.0. The molecule has 0 unspecified atom stereocenters. The lowest BCUT2D eigenvalue weighted by atomic mass is 10.1. The Morgan fingerprint density at radius 3 is 2.72 bits per heavy atom. The fourth-order valence-corrected chi connectivity index (χ4v) is 2.65. The van der Waals surface area contributed by atoms with Gasteiger partial charge in [-0.3, -0.25) is 9.20 Å². The Kier molecular flexibility index (Phi) is 4.69. The van der Waals surface area contributed by atoms with E-state index < -0.39 is 6.10 Å². The van der Waals surface area contributed by atoms with Crippen LogP contribution in [0.15, 0.2) is 41.6 Å². The number of aromatic nitrogens is 5. The molecule has 1 atom stereocenters. The summed E-state index contributed by atoms with van der Waals surface area (Å²) in [5.74, 6) is 0.405. The highest BCUT2D eigenvalue weighted by molar-refractivity contribution is 5.69. The zero-order valence-corrected chi connectivity index (χ0v) is 14.5. The first kappa shape index (κ1) is 16.9. The van der Waals surface area contributed by atoms with Crippen molar-refractivity contribution in [1.29, 1.82) is 0 Å². The molecule has 3 aromatic rings. The minimum Gasteiger partial charge on any atom is -0.454 e. The molecule has 0 spiro atoms. The molecule has 8 heteroatoms. The molecule has 0 aromatic carbocycles. The zero-order valence-electron chi connectivity index (χ0n) is 14.5. The Balaban J connectivity index is 1.68. The molecule has 0 fully saturated rings. The second-order valence-electron chi connectivity index (χ2n) is 6.24. The summed E-state index contributed by atoms with van der Waals surface area (Å²) in [6.07, 6.45) is 4.78. The molecule has 3 rings (SSSR count). The topological polar surface area (TPSA) is 83.4 Å². The molecule has 25 heavy (non-hydrogen) atoms. The van der Waals surface area contributed by atoms with E-state index in [0.717, 1.165) is 0 Å². The van der Waals surface area contributed by atoms with Gasteiger partial charge in [-0.1, -0.05) is 19.9 Å². The van der Waals surface area contributed by atoms with Gasteiger partial charge in [0.05, 0.1) is 13.0 Å². The van der Waals surface area contributed by atoms with E-state index in [1.54, 1.807) is 30.6 Å². The molecule has 0 amide bonds. The summed E-state index contributed by atoms with van der Waals surface area (Å²) in [6.45, 7) is 4.11. The first-order valence-electron chi connectivity index (χ1n) is 8.18. The van der Waals surface area contributed by atoms with Gasteiger partial charge in [0.1, 0.15) is 5.82 Å². The van der Waals surface area contributed by atoms with Gasteiger partial charge in [0.15, 0.2) is 11.8 Å². The van der Waals surface area contributed by atoms with Crippen LogP contribution in [0.5, 0.6) is 0 Å². The number of pyridine rings is 1. The third-order valence-corrected chi connectivity index (χ3v) is 3.99. The lowest BCUT2D eigenvalue weighted by molar-refractivity contribution is -0.152. The molecule has 0 saturated heterocycles. The van der Waals surface area contributed by atoms with Crippen LogP contribution >= 0.6 is 0 Å². The first-order chi connectivity index (χ1) is 12.0. The standard InChI is InChI=1S/C17H21N5O3/c1-12(2)15(16-18-8-11-20(16)3)25-14(23)7-10-22-17(24)21-9-5-4-6-13(21)19-22/h4-6,8-9,11-12,15H,7,10H2,1-3H3/t15-/m0/s1. The van der Waals surface area contributed by atoms with Crippen molar-refractivity contribution in [3.8, 4) is 0 Å². The fraction of sp³-hybridized carbons (Fsp3) is 0.412. The van der Waals surface area contributed by atoms with E-state index in [1.165, 1.54) is 9.08 Å². The SMILES string of the molecule is CC(C)[C@H](OC(=O)CCn1nc2ccccn2c1=O)c1nccn1C. The fourth-order valence-electron chi connectivity index (χ4n) is 2.65. The minimum absolute atomic E-state index is 0.0669. The second-order valence-corrected chi connectivity index (χ2v) is 6.24. The van der Waals surface area contributed by atoms with Gasteiger partial charge in [-0.2, -0.15) is 0 Å². The van der Waals surface area contributed by atoms with Crippen LogP contribution in [0.25, 0.3) is 5.65 Å². The van der Waals surface area contributed by atoms with E-state index in [1.807, 2.05) is 31.7 Å². The van der Waals surface area contributed by atoms with Gasteiger partial charge >= 0.3 is 11.7 Å². The number of nitrogens with zero attached hydrogens (tertiary/aromatic N) is 5. The van der Waals surface area contributed by atoms with E-state index in [0.29, 0.717) is 11.5 Å². The number of hydrogen-bond donors (Lipinski definition) is 0. The highest BCUT2D eigenvalue weighted by Gasteiger charge is 2.24. The van der Waals surface area contributed by atoms with Crippen molar-refractivity contribution in [2.75, 3.05) is 0 Å². The maximum absolute atomic E-state index is 12.3. The number of fused-ring (bicyclic) bond motifs is 1. The molecule has 0 bridgehead atoms. The van der Waals surface area contributed by atoms with Crippen molar-refractivity contribution in [1.82, 2.24) is 23.7 Å². The van der Waals surface area contributed by atoms with Gasteiger partial charge in [0.25, 0.3) is 0 Å². The summed E-state index contributed by atoms with van der Waals surface area (Å²) in [7, 11) is 1.86. The third-order valence-electron chi connectivity index (χ3n) is 3.99. The van der Waals surface area contributed by atoms with Crippen LogP contribution in [0, 0.1) is 5.92 Å². The van der Waals surface area contributed by atoms with Crippen molar-refractivity contribution in [3.05, 3.63) is 53.1 Å². The third kappa shape index (κ3) is 3.47. The summed E-state index contributed by atoms with van der Waals surface area (Å²) in [5, 5.41) is 4.21. The van der Waals surface area contributed by atoms with Crippen LogP contribution < -0.4 is 5.69 Å². The molecule has 0 aliphatic carbocycles. The van der Waals surface area contributed by atoms with Crippen molar-refractivity contribution < 1.29 is 9.53 Å². The number of imidazole rings is 1. The number of ether oxygens (including phenoxy) is 1. The quantitative estimate of drug-likeness (QED) is 0.634. The van der Waals surface area contributed by atoms with E-state index in [2.05, 4.69) is 10.1 Å². The largest absolute Gasteiger partial charge is 0.454 e. The summed E-state index contributed by atoms with van der Waals surface area (Å²) < 4.78 is 10.2. The highest BCUT2D eigenvalue weighted by Crippen LogP contribution is 2.24. The summed E-state index contributed by atoms with van der Waals surface area (Å²) >= 11 is 0. The lowest BCUT2D eigenvalue weighted by Crippen LogP contribution is -2.24. The Bertz CT molecular complexity index is 937. The van der Waals surface area contributed by atoms with Gasteiger partial charge < -0.3 is 9.30 Å². The lowest BCUT2D eigenvalue weighted by Gasteiger charge is -2.21. The van der Waals surface area contributed by atoms with E-state index >= 15 is 0 Å². The number of aryl methyl sites for hydroxylation is 2. The number of rotatable bonds is 6. The monoisotopic (exact) mass is 343 g/mol. The molecular weight excluding hydrogens is 322 g/mol. The minimum atomic E-state index is -0.426. The van der Waals surface area contributed by atoms with Crippen molar-refractivity contribution in [2.24, 2.45) is 13.0 Å². The number of carbonyl (C=O) groups excluding carboxylic acids is 1. The van der Waals surface area contributed by atoms with E-state index in [-0.39, 0.29) is 30.5 Å². The molecule has 0 radical (unpaired) electrons. The molecular formula is C17H21N5O3. The van der Waals surface area contributed by atoms with Crippen LogP contribution in [-0.2, 0) is 23.1 Å². The smallest absolute Gasteiger partial charge is 0.350 e. The number of carbonyl (C=O) groups is 1. The molecule has 0 aliphatic heterocycles. The summed E-state index contributed by atoms with van der Waals surface area (Å²) in [4.78, 5) is 28.7. The van der Waals surface area contributed by atoms with Crippen molar-refractivity contribution in [3.63, 3.8) is 0 Å². The van der Waals surface area contributed by atoms with E-state index in [9.17, 15) is 9.59 Å². The van der Waals surface area contributed by atoms with Gasteiger partial charge in [-0.15, -0.1) is 5.10 Å². The highest BCUT2D eigenvalue weighted by atomic mass is 16.5. The molecule has 8 nitrogen and oxygen atoms in total. The predicted octanol–water partition coefficient (Wildman–Crippen LogP) is 1.56. The molecule has 0 aliphatic rings. The maximum Gasteiger partial charge on any atom is 0.350 e. The first-order valence-corrected chi connectivity index (χ1v) is 8.18. The summed E-state index contributed by atoms with van der Waals surface area (Å²) in [6, 6.07) is 5.31. The summed E-state index contributed by atoms with van der Waals surface area (Å²) in [5.41, 5.74) is 0.279. The maximum atomic E-state index is 12.3. The average molecular weight is 343 g/mol. The van der Waals surface area contributed by atoms with Crippen molar-refractivity contribution in [2.45, 2.75) is 32.9 Å². The number of esters is 1. The Hall–Kier alpha value is -2.90. The molecule has 132 valence electrons. The predicted molar refractivity (Wildman–Crippen MR) is 90.9 cm³/mol. The molecule has 0 N–H and O–H groups in total. The van der Waals surface area contributed by atoms with Crippen LogP contribution in [-0.4, -0.2) is 29.7 Å². The van der Waals surface area contributed by atoms with Gasteiger partial charge in [-0.05, 0) is 18.1 Å². The van der Waals surface area contributed by atoms with Gasteiger partial charge in [0.2, 0.25) is 0 Å². The Morgan fingerprint density at radius 1 is 1.28 bits per heavy atom. The van der Waals surface area contributed by atoms with E-state index in [4.69, 9.17) is 4.74 Å². The van der Waals surface area contributed by atoms with Gasteiger partial charge in [0, 0.05) is 25.6 Å². The molecule has 0 saturated carbocycles. The second kappa shape index (κ2) is 6.92. The van der Waals surface area contributed by atoms with Crippen LogP contribution in [0.3, 0.4) is 0 Å². The molecule has 3 aromatic heterocycles. The molecule has 3 heterocycles. The Labute approximate surface area is 144 Å². The van der Waals surface area contributed by atoms with Crippen LogP contribution in [0.4, 0.5) is 0 Å².